The molecule has 0 radical (unpaired) electrons. The Morgan fingerprint density at radius 1 is 1.17 bits per heavy atom. The van der Waals surface area contributed by atoms with Crippen LogP contribution >= 0.6 is 0 Å². The molecule has 2 aliphatic rings. The molecular weight excluding hydrogens is 364 g/mol. The molecule has 1 heterocycles. The second-order valence-electron chi connectivity index (χ2n) is 8.29. The smallest absolute Gasteiger partial charge is 0.220 e. The van der Waals surface area contributed by atoms with E-state index >= 15 is 0 Å². The number of aromatic nitrogens is 2. The zero-order valence-electron chi connectivity index (χ0n) is 17.6. The molecule has 2 aromatic rings. The molecule has 2 aliphatic carbocycles. The third kappa shape index (κ3) is 4.29. The van der Waals surface area contributed by atoms with E-state index in [2.05, 4.69) is 29.0 Å². The maximum absolute atomic E-state index is 11.6. The fraction of sp³-hybridized carbons (Fsp3) is 0.542. The lowest BCUT2D eigenvalue weighted by Gasteiger charge is -2.22. The maximum Gasteiger partial charge on any atom is 0.220 e. The Kier molecular flexibility index (Phi) is 5.84. The highest BCUT2D eigenvalue weighted by Gasteiger charge is 2.40. The third-order valence-corrected chi connectivity index (χ3v) is 6.38. The molecule has 2 atom stereocenters. The van der Waals surface area contributed by atoms with Crippen LogP contribution < -0.4 is 9.47 Å². The third-order valence-electron chi connectivity index (χ3n) is 6.38. The van der Waals surface area contributed by atoms with Crippen molar-refractivity contribution in [3.05, 3.63) is 46.9 Å². The zero-order chi connectivity index (χ0) is 20.4. The number of ether oxygens (including phenoxy) is 2. The van der Waals surface area contributed by atoms with E-state index in [0.29, 0.717) is 48.9 Å². The van der Waals surface area contributed by atoms with Crippen LogP contribution in [0.25, 0.3) is 0 Å². The molecule has 1 aromatic heterocycles. The minimum Gasteiger partial charge on any atom is -0.496 e. The predicted octanol–water partition coefficient (Wildman–Crippen LogP) is 4.77. The predicted molar refractivity (Wildman–Crippen MR) is 112 cm³/mol. The van der Waals surface area contributed by atoms with Crippen LogP contribution in [0.5, 0.6) is 11.6 Å². The van der Waals surface area contributed by atoms with Gasteiger partial charge in [0.1, 0.15) is 17.4 Å². The zero-order valence-corrected chi connectivity index (χ0v) is 17.6. The van der Waals surface area contributed by atoms with E-state index in [0.717, 1.165) is 42.8 Å². The number of carbonyl (C=O) groups excluding carboxylic acids is 1. The summed E-state index contributed by atoms with van der Waals surface area (Å²) in [6.07, 6.45) is 7.06. The highest BCUT2D eigenvalue weighted by molar-refractivity contribution is 5.79. The molecule has 2 unspecified atom stereocenters. The minimum absolute atomic E-state index is 0.323. The first-order valence-corrected chi connectivity index (χ1v) is 10.7. The summed E-state index contributed by atoms with van der Waals surface area (Å²) in [6, 6.07) is 6.35. The van der Waals surface area contributed by atoms with Crippen molar-refractivity contribution in [1.29, 1.82) is 0 Å². The monoisotopic (exact) mass is 394 g/mol. The van der Waals surface area contributed by atoms with E-state index in [9.17, 15) is 4.79 Å². The second kappa shape index (κ2) is 8.52. The van der Waals surface area contributed by atoms with Gasteiger partial charge >= 0.3 is 0 Å². The summed E-state index contributed by atoms with van der Waals surface area (Å²) < 4.78 is 11.8. The van der Waals surface area contributed by atoms with Gasteiger partial charge in [-0.25, -0.2) is 4.98 Å². The molecule has 1 aromatic carbocycles. The van der Waals surface area contributed by atoms with Gasteiger partial charge < -0.3 is 9.47 Å². The van der Waals surface area contributed by atoms with Crippen molar-refractivity contribution in [2.24, 2.45) is 5.92 Å². The van der Waals surface area contributed by atoms with Crippen molar-refractivity contribution in [3.63, 3.8) is 0 Å². The number of hydrogen-bond donors (Lipinski definition) is 0. The van der Waals surface area contributed by atoms with Crippen LogP contribution in [0.4, 0.5) is 0 Å². The second-order valence-corrected chi connectivity index (χ2v) is 8.29. The molecule has 4 rings (SSSR count). The molecule has 2 fully saturated rings. The van der Waals surface area contributed by atoms with Crippen molar-refractivity contribution in [2.45, 2.75) is 64.2 Å². The summed E-state index contributed by atoms with van der Waals surface area (Å²) in [6.45, 7) is 4.74. The van der Waals surface area contributed by atoms with E-state index < -0.39 is 0 Å². The highest BCUT2D eigenvalue weighted by atomic mass is 16.5. The van der Waals surface area contributed by atoms with E-state index in [4.69, 9.17) is 9.47 Å². The SMILES string of the molecule is CCc1c(OC)cccc1C1CC1COc1nc(C)ncc1C1CCC(=O)CC1. The van der Waals surface area contributed by atoms with Crippen LogP contribution in [0.15, 0.2) is 24.4 Å². The molecule has 0 amide bonds. The molecule has 29 heavy (non-hydrogen) atoms. The summed E-state index contributed by atoms with van der Waals surface area (Å²) in [7, 11) is 1.74. The molecule has 154 valence electrons. The maximum atomic E-state index is 11.6. The average Bonchev–Trinajstić information content (AvgIpc) is 3.52. The first-order valence-electron chi connectivity index (χ1n) is 10.7. The molecule has 2 saturated carbocycles. The summed E-state index contributed by atoms with van der Waals surface area (Å²) in [5.41, 5.74) is 3.77. The highest BCUT2D eigenvalue weighted by Crippen LogP contribution is 2.50. The summed E-state index contributed by atoms with van der Waals surface area (Å²) in [5.74, 6) is 4.14. The molecular formula is C24H30N2O3. The van der Waals surface area contributed by atoms with Crippen LogP contribution in [-0.4, -0.2) is 29.5 Å². The number of aryl methyl sites for hydroxylation is 1. The largest absolute Gasteiger partial charge is 0.496 e. The molecule has 0 N–H and O–H groups in total. The first kappa shape index (κ1) is 19.9. The molecule has 0 spiro atoms. The summed E-state index contributed by atoms with van der Waals surface area (Å²) in [4.78, 5) is 20.6. The number of methoxy groups -OCH3 is 1. The molecule has 0 saturated heterocycles. The van der Waals surface area contributed by atoms with Gasteiger partial charge in [0.05, 0.1) is 13.7 Å². The van der Waals surface area contributed by atoms with Gasteiger partial charge in [-0.3, -0.25) is 4.79 Å². The molecule has 5 heteroatoms. The van der Waals surface area contributed by atoms with Crippen LogP contribution in [0, 0.1) is 12.8 Å². The van der Waals surface area contributed by atoms with Crippen molar-refractivity contribution < 1.29 is 14.3 Å². The molecule has 5 nitrogen and oxygen atoms in total. The molecule has 0 aliphatic heterocycles. The summed E-state index contributed by atoms with van der Waals surface area (Å²) >= 11 is 0. The Morgan fingerprint density at radius 3 is 2.69 bits per heavy atom. The standard InChI is InChI=1S/C24H30N2O3/c1-4-19-20(6-5-7-23(19)28-3)21-12-17(21)14-29-24-22(13-25-15(2)26-24)16-8-10-18(27)11-9-16/h5-7,13,16-17,21H,4,8-12,14H2,1-3H3. The summed E-state index contributed by atoms with van der Waals surface area (Å²) in [5, 5.41) is 0. The Bertz CT molecular complexity index is 886. The van der Waals surface area contributed by atoms with E-state index in [1.54, 1.807) is 7.11 Å². The van der Waals surface area contributed by atoms with Gasteiger partial charge in [-0.15, -0.1) is 0 Å². The minimum atomic E-state index is 0.323. The lowest BCUT2D eigenvalue weighted by Crippen LogP contribution is -2.15. The van der Waals surface area contributed by atoms with Gasteiger partial charge in [-0.05, 0) is 61.6 Å². The number of ketones is 1. The topological polar surface area (TPSA) is 61.3 Å². The Hall–Kier alpha value is -2.43. The van der Waals surface area contributed by atoms with Crippen molar-refractivity contribution in [3.8, 4) is 11.6 Å². The van der Waals surface area contributed by atoms with Crippen LogP contribution in [-0.2, 0) is 11.2 Å². The molecule has 0 bridgehead atoms. The van der Waals surface area contributed by atoms with Crippen LogP contribution in [0.3, 0.4) is 0 Å². The number of Topliss-reactive ketones (excluding diaryl/α,β-unsaturated/α-hetero) is 1. The Balaban J connectivity index is 1.44. The van der Waals surface area contributed by atoms with Crippen molar-refractivity contribution in [1.82, 2.24) is 9.97 Å². The van der Waals surface area contributed by atoms with Gasteiger partial charge in [0.25, 0.3) is 0 Å². The van der Waals surface area contributed by atoms with Gasteiger partial charge in [-0.1, -0.05) is 19.1 Å². The lowest BCUT2D eigenvalue weighted by molar-refractivity contribution is -0.120. The van der Waals surface area contributed by atoms with Crippen LogP contribution in [0.2, 0.25) is 0 Å². The normalized spacial score (nSPS) is 21.8. The number of nitrogens with zero attached hydrogens (tertiary/aromatic N) is 2. The van der Waals surface area contributed by atoms with Crippen molar-refractivity contribution in [2.75, 3.05) is 13.7 Å². The lowest BCUT2D eigenvalue weighted by atomic mass is 9.84. The quantitative estimate of drug-likeness (QED) is 0.677. The Morgan fingerprint density at radius 2 is 1.97 bits per heavy atom. The number of rotatable bonds is 7. The Labute approximate surface area is 172 Å². The number of benzene rings is 1. The van der Waals surface area contributed by atoms with E-state index in [1.165, 1.54) is 11.1 Å². The average molecular weight is 395 g/mol. The first-order chi connectivity index (χ1) is 14.1. The van der Waals surface area contributed by atoms with Crippen LogP contribution in [0.1, 0.15) is 73.4 Å². The fourth-order valence-electron chi connectivity index (χ4n) is 4.60. The van der Waals surface area contributed by atoms with Gasteiger partial charge in [-0.2, -0.15) is 4.98 Å². The van der Waals surface area contributed by atoms with Gasteiger partial charge in [0.15, 0.2) is 0 Å². The van der Waals surface area contributed by atoms with Crippen molar-refractivity contribution >= 4 is 5.78 Å². The van der Waals surface area contributed by atoms with E-state index in [1.807, 2.05) is 19.2 Å². The van der Waals surface area contributed by atoms with Gasteiger partial charge in [0.2, 0.25) is 5.88 Å². The van der Waals surface area contributed by atoms with E-state index in [-0.39, 0.29) is 0 Å². The van der Waals surface area contributed by atoms with Gasteiger partial charge in [0, 0.05) is 30.5 Å². The number of carbonyl (C=O) groups is 1. The fourth-order valence-corrected chi connectivity index (χ4v) is 4.60. The number of hydrogen-bond acceptors (Lipinski definition) is 5.